The van der Waals surface area contributed by atoms with Crippen molar-refractivity contribution in [3.8, 4) is 0 Å². The van der Waals surface area contributed by atoms with E-state index in [4.69, 9.17) is 9.47 Å². The lowest BCUT2D eigenvalue weighted by Gasteiger charge is -2.43. The first-order valence-electron chi connectivity index (χ1n) is 13.2. The van der Waals surface area contributed by atoms with Crippen molar-refractivity contribution in [2.45, 2.75) is 96.1 Å². The number of rotatable bonds is 11. The fraction of sp³-hybridized carbons (Fsp3) is 0.750. The smallest absolute Gasteiger partial charge is 0.313 e. The van der Waals surface area contributed by atoms with Gasteiger partial charge in [0.1, 0.15) is 24.2 Å². The van der Waals surface area contributed by atoms with E-state index in [1.165, 1.54) is 6.08 Å². The van der Waals surface area contributed by atoms with E-state index in [0.717, 1.165) is 0 Å². The first kappa shape index (κ1) is 28.4. The number of fused-ring (bicyclic) bond motifs is 1. The number of esters is 1. The molecular formula is C28H44N2O6. The lowest BCUT2D eigenvalue weighted by atomic mass is 9.65. The highest BCUT2D eigenvalue weighted by atomic mass is 16.6. The SMILES string of the molecule is C=CCOC(=O)[C@@H]1[C@H]2C(=O)N([C@@H](CO)CC(C)C)C(C(=O)N(CC=C)C(C)(C)C)C23CC[C@@]1(CC)O3. The fourth-order valence-corrected chi connectivity index (χ4v) is 6.71. The van der Waals surface area contributed by atoms with E-state index in [9.17, 15) is 19.5 Å². The molecule has 2 unspecified atom stereocenters. The van der Waals surface area contributed by atoms with Crippen molar-refractivity contribution >= 4 is 17.8 Å². The van der Waals surface area contributed by atoms with Crippen molar-refractivity contribution in [2.75, 3.05) is 19.8 Å². The zero-order valence-corrected chi connectivity index (χ0v) is 22.8. The summed E-state index contributed by atoms with van der Waals surface area (Å²) >= 11 is 0. The van der Waals surface area contributed by atoms with Crippen molar-refractivity contribution in [3.05, 3.63) is 25.3 Å². The van der Waals surface area contributed by atoms with Gasteiger partial charge in [0.05, 0.1) is 24.2 Å². The van der Waals surface area contributed by atoms with E-state index >= 15 is 0 Å². The van der Waals surface area contributed by atoms with Gasteiger partial charge in [-0.3, -0.25) is 14.4 Å². The summed E-state index contributed by atoms with van der Waals surface area (Å²) < 4.78 is 12.2. The van der Waals surface area contributed by atoms with E-state index in [0.29, 0.717) is 32.2 Å². The van der Waals surface area contributed by atoms with Crippen LogP contribution >= 0.6 is 0 Å². The van der Waals surface area contributed by atoms with Gasteiger partial charge in [0.25, 0.3) is 0 Å². The van der Waals surface area contributed by atoms with Gasteiger partial charge in [-0.05, 0) is 52.4 Å². The van der Waals surface area contributed by atoms with Crippen molar-refractivity contribution in [3.63, 3.8) is 0 Å². The first-order valence-corrected chi connectivity index (χ1v) is 13.2. The van der Waals surface area contributed by atoms with E-state index in [2.05, 4.69) is 13.2 Å². The topological polar surface area (TPSA) is 96.4 Å². The molecule has 6 atom stereocenters. The van der Waals surface area contributed by atoms with Crippen LogP contribution in [0.15, 0.2) is 25.3 Å². The molecule has 8 nitrogen and oxygen atoms in total. The average Bonchev–Trinajstić information content (AvgIpc) is 3.41. The Morgan fingerprint density at radius 2 is 1.94 bits per heavy atom. The second-order valence-electron chi connectivity index (χ2n) is 11.9. The van der Waals surface area contributed by atoms with Crippen LogP contribution in [0.4, 0.5) is 0 Å². The van der Waals surface area contributed by atoms with Gasteiger partial charge in [0.15, 0.2) is 0 Å². The quantitative estimate of drug-likeness (QED) is 0.343. The Hall–Kier alpha value is -2.19. The molecule has 0 aromatic heterocycles. The third-order valence-electron chi connectivity index (χ3n) is 8.19. The molecule has 3 aliphatic heterocycles. The molecule has 8 heteroatoms. The van der Waals surface area contributed by atoms with Gasteiger partial charge >= 0.3 is 5.97 Å². The summed E-state index contributed by atoms with van der Waals surface area (Å²) in [5.41, 5.74) is -2.55. The lowest BCUT2D eigenvalue weighted by Crippen LogP contribution is -2.61. The van der Waals surface area contributed by atoms with Crippen molar-refractivity contribution < 1.29 is 29.0 Å². The summed E-state index contributed by atoms with van der Waals surface area (Å²) in [5, 5.41) is 10.4. The monoisotopic (exact) mass is 504 g/mol. The zero-order chi connectivity index (χ0) is 27.1. The maximum absolute atomic E-state index is 14.4. The molecule has 0 aliphatic carbocycles. The van der Waals surface area contributed by atoms with Crippen LogP contribution < -0.4 is 0 Å². The number of nitrogens with zero attached hydrogens (tertiary/aromatic N) is 2. The highest BCUT2D eigenvalue weighted by molar-refractivity contribution is 5.99. The molecule has 0 radical (unpaired) electrons. The predicted molar refractivity (Wildman–Crippen MR) is 137 cm³/mol. The maximum atomic E-state index is 14.4. The Bertz CT molecular complexity index is 895. The molecule has 3 heterocycles. The van der Waals surface area contributed by atoms with Crippen LogP contribution in [0.1, 0.15) is 67.2 Å². The van der Waals surface area contributed by atoms with Crippen molar-refractivity contribution in [1.82, 2.24) is 9.80 Å². The van der Waals surface area contributed by atoms with Gasteiger partial charge in [0.2, 0.25) is 11.8 Å². The molecule has 1 spiro atoms. The average molecular weight is 505 g/mol. The number of aliphatic hydroxyl groups excluding tert-OH is 1. The summed E-state index contributed by atoms with van der Waals surface area (Å²) in [6, 6.07) is -1.52. The standard InChI is InChI=1S/C28H44N2O6/c1-9-14-29(26(6,7)8)24(33)22-28-13-12-27(11-3,36-28)21(25(34)35-15-10-2)20(28)23(32)30(22)19(17-31)16-18(4)5/h9-10,18-22,31H,1-2,11-17H2,3-8H3/t19-,20+,21+,22?,27-,28?/m1/s1. The lowest BCUT2D eigenvalue weighted by molar-refractivity contribution is -0.164. The van der Waals surface area contributed by atoms with Crippen molar-refractivity contribution in [2.24, 2.45) is 17.8 Å². The minimum Gasteiger partial charge on any atom is -0.461 e. The molecule has 2 bridgehead atoms. The molecule has 0 aromatic rings. The van der Waals surface area contributed by atoms with Crippen LogP contribution in [0.5, 0.6) is 0 Å². The summed E-state index contributed by atoms with van der Waals surface area (Å²) in [7, 11) is 0. The molecular weight excluding hydrogens is 460 g/mol. The van der Waals surface area contributed by atoms with Gasteiger partial charge in [-0.15, -0.1) is 6.58 Å². The third-order valence-corrected chi connectivity index (χ3v) is 8.19. The molecule has 36 heavy (non-hydrogen) atoms. The van der Waals surface area contributed by atoms with Crippen LogP contribution in [0.3, 0.4) is 0 Å². The minimum absolute atomic E-state index is 0.0405. The first-order chi connectivity index (χ1) is 16.8. The largest absolute Gasteiger partial charge is 0.461 e. The minimum atomic E-state index is -1.16. The third kappa shape index (κ3) is 4.40. The molecule has 1 N–H and O–H groups in total. The predicted octanol–water partition coefficient (Wildman–Crippen LogP) is 3.09. The van der Waals surface area contributed by atoms with E-state index in [1.807, 2.05) is 41.5 Å². The maximum Gasteiger partial charge on any atom is 0.313 e. The normalized spacial score (nSPS) is 31.9. The fourth-order valence-electron chi connectivity index (χ4n) is 6.71. The Morgan fingerprint density at radius 1 is 1.28 bits per heavy atom. The highest BCUT2D eigenvalue weighted by Gasteiger charge is 2.79. The van der Waals surface area contributed by atoms with Gasteiger partial charge in [0, 0.05) is 12.1 Å². The number of hydrogen-bond donors (Lipinski definition) is 1. The number of likely N-dealkylation sites (tertiary alicyclic amines) is 1. The Balaban J connectivity index is 2.19. The van der Waals surface area contributed by atoms with Crippen molar-refractivity contribution in [1.29, 1.82) is 0 Å². The zero-order valence-electron chi connectivity index (χ0n) is 22.8. The number of hydrogen-bond acceptors (Lipinski definition) is 6. The Morgan fingerprint density at radius 3 is 2.44 bits per heavy atom. The Kier molecular flexibility index (Phi) is 8.11. The van der Waals surface area contributed by atoms with Crippen LogP contribution in [-0.2, 0) is 23.9 Å². The van der Waals surface area contributed by atoms with E-state index in [-0.39, 0.29) is 30.9 Å². The molecule has 202 valence electrons. The second kappa shape index (κ2) is 10.3. The van der Waals surface area contributed by atoms with Gasteiger partial charge in [-0.25, -0.2) is 0 Å². The van der Waals surface area contributed by atoms with Crippen LogP contribution in [0.25, 0.3) is 0 Å². The van der Waals surface area contributed by atoms with Gasteiger partial charge in [-0.1, -0.05) is 39.5 Å². The molecule has 2 amide bonds. The summed E-state index contributed by atoms with van der Waals surface area (Å²) in [5.74, 6) is -2.52. The summed E-state index contributed by atoms with van der Waals surface area (Å²) in [4.78, 5) is 45.3. The molecule has 3 aliphatic rings. The molecule has 3 rings (SSSR count). The van der Waals surface area contributed by atoms with Crippen LogP contribution in [-0.4, -0.2) is 81.3 Å². The van der Waals surface area contributed by atoms with E-state index in [1.54, 1.807) is 15.9 Å². The number of ether oxygens (including phenoxy) is 2. The van der Waals surface area contributed by atoms with Gasteiger partial charge in [-0.2, -0.15) is 0 Å². The molecule has 3 fully saturated rings. The summed E-state index contributed by atoms with van der Waals surface area (Å²) in [6.45, 7) is 19.3. The van der Waals surface area contributed by atoms with Gasteiger partial charge < -0.3 is 24.4 Å². The van der Waals surface area contributed by atoms with E-state index < -0.39 is 46.6 Å². The van der Waals surface area contributed by atoms with Crippen LogP contribution in [0, 0.1) is 17.8 Å². The number of aliphatic hydroxyl groups is 1. The number of carbonyl (C=O) groups is 3. The summed E-state index contributed by atoms with van der Waals surface area (Å²) in [6.07, 6.45) is 5.27. The second-order valence-corrected chi connectivity index (χ2v) is 11.9. The Labute approximate surface area is 215 Å². The molecule has 0 saturated carbocycles. The molecule has 3 saturated heterocycles. The number of carbonyl (C=O) groups excluding carboxylic acids is 3. The molecule has 0 aromatic carbocycles. The van der Waals surface area contributed by atoms with Crippen LogP contribution in [0.2, 0.25) is 0 Å². The number of amides is 2. The highest BCUT2D eigenvalue weighted by Crippen LogP contribution is 2.65.